The fourth-order valence-corrected chi connectivity index (χ4v) is 1.89. The fourth-order valence-electron chi connectivity index (χ4n) is 1.89. The van der Waals surface area contributed by atoms with Crippen LogP contribution in [0.25, 0.3) is 0 Å². The van der Waals surface area contributed by atoms with Crippen molar-refractivity contribution in [1.29, 1.82) is 0 Å². The Labute approximate surface area is 108 Å². The van der Waals surface area contributed by atoms with Gasteiger partial charge in [-0.1, -0.05) is 12.1 Å². The van der Waals surface area contributed by atoms with E-state index in [9.17, 15) is 9.18 Å². The van der Waals surface area contributed by atoms with Crippen molar-refractivity contribution in [1.82, 2.24) is 10.2 Å². The number of nitrogens with zero attached hydrogens (tertiary/aromatic N) is 1. The number of piperidine rings is 1. The highest BCUT2D eigenvalue weighted by molar-refractivity contribution is 5.74. The highest BCUT2D eigenvalue weighted by Crippen LogP contribution is 2.06. The van der Waals surface area contributed by atoms with Crippen molar-refractivity contribution in [3.63, 3.8) is 0 Å². The van der Waals surface area contributed by atoms with Crippen LogP contribution < -0.4 is 5.32 Å². The minimum absolute atomic E-state index is 0.109. The lowest BCUT2D eigenvalue weighted by Gasteiger charge is -2.28. The van der Waals surface area contributed by atoms with Gasteiger partial charge in [0.15, 0.2) is 6.29 Å². The van der Waals surface area contributed by atoms with Gasteiger partial charge in [0.1, 0.15) is 5.82 Å². The zero-order valence-electron chi connectivity index (χ0n) is 11.0. The lowest BCUT2D eigenvalue weighted by atomic mass is 10.1. The van der Waals surface area contributed by atoms with Crippen molar-refractivity contribution < 1.29 is 9.18 Å². The maximum Gasteiger partial charge on any atom is 0.152 e. The third-order valence-corrected chi connectivity index (χ3v) is 3.07. The van der Waals surface area contributed by atoms with Crippen molar-refractivity contribution in [2.75, 3.05) is 27.2 Å². The van der Waals surface area contributed by atoms with Gasteiger partial charge in [0.2, 0.25) is 0 Å². The second-order valence-electron chi connectivity index (χ2n) is 4.58. The number of hydrogen-bond acceptors (Lipinski definition) is 3. The van der Waals surface area contributed by atoms with Crippen LogP contribution in [-0.2, 0) is 0 Å². The van der Waals surface area contributed by atoms with Gasteiger partial charge in [-0.2, -0.15) is 0 Å². The molecular formula is C14H21FN2O. The van der Waals surface area contributed by atoms with Crippen LogP contribution in [-0.4, -0.2) is 44.4 Å². The fraction of sp³-hybridized carbons (Fsp3) is 0.500. The molecule has 1 aliphatic heterocycles. The maximum absolute atomic E-state index is 12.4. The number of carbonyl (C=O) groups excluding carboxylic acids is 1. The number of aldehydes is 1. The van der Waals surface area contributed by atoms with E-state index >= 15 is 0 Å². The summed E-state index contributed by atoms with van der Waals surface area (Å²) in [4.78, 5) is 12.3. The molecule has 1 fully saturated rings. The third-order valence-electron chi connectivity index (χ3n) is 3.07. The van der Waals surface area contributed by atoms with E-state index in [1.807, 2.05) is 0 Å². The van der Waals surface area contributed by atoms with E-state index in [2.05, 4.69) is 24.3 Å². The zero-order chi connectivity index (χ0) is 13.4. The molecular weight excluding hydrogens is 231 g/mol. The van der Waals surface area contributed by atoms with Gasteiger partial charge in [-0.05, 0) is 52.2 Å². The summed E-state index contributed by atoms with van der Waals surface area (Å²) in [5.74, 6) is -0.465. The van der Waals surface area contributed by atoms with Gasteiger partial charge >= 0.3 is 0 Å². The average Bonchev–Trinajstić information content (AvgIpc) is 2.41. The van der Waals surface area contributed by atoms with Crippen molar-refractivity contribution in [3.05, 3.63) is 35.6 Å². The summed E-state index contributed by atoms with van der Waals surface area (Å²) in [5.41, 5.74) is 0.109. The number of carbonyl (C=O) groups is 1. The van der Waals surface area contributed by atoms with E-state index in [-0.39, 0.29) is 5.56 Å². The molecule has 0 saturated carbocycles. The molecule has 0 amide bonds. The van der Waals surface area contributed by atoms with Gasteiger partial charge in [0.25, 0.3) is 0 Å². The summed E-state index contributed by atoms with van der Waals surface area (Å²) in [6.07, 6.45) is 3.12. The number of rotatable bonds is 2. The van der Waals surface area contributed by atoms with Crippen LogP contribution in [0.1, 0.15) is 23.2 Å². The Hall–Kier alpha value is -1.26. The van der Waals surface area contributed by atoms with E-state index < -0.39 is 5.82 Å². The summed E-state index contributed by atoms with van der Waals surface area (Å²) in [7, 11) is 4.33. The first-order chi connectivity index (χ1) is 8.65. The van der Waals surface area contributed by atoms with Gasteiger partial charge in [-0.3, -0.25) is 4.79 Å². The molecule has 1 saturated heterocycles. The molecule has 1 heterocycles. The van der Waals surface area contributed by atoms with Gasteiger partial charge in [0, 0.05) is 6.04 Å². The molecule has 18 heavy (non-hydrogen) atoms. The summed E-state index contributed by atoms with van der Waals surface area (Å²) in [6, 6.07) is 6.67. The number of nitrogens with one attached hydrogen (secondary N) is 1. The van der Waals surface area contributed by atoms with Gasteiger partial charge in [0.05, 0.1) is 5.56 Å². The van der Waals surface area contributed by atoms with Crippen LogP contribution in [0.5, 0.6) is 0 Å². The summed E-state index contributed by atoms with van der Waals surface area (Å²) < 4.78 is 12.4. The predicted molar refractivity (Wildman–Crippen MR) is 71.4 cm³/mol. The molecule has 100 valence electrons. The predicted octanol–water partition coefficient (Wildman–Crippen LogP) is 1.94. The number of benzene rings is 1. The second-order valence-corrected chi connectivity index (χ2v) is 4.58. The van der Waals surface area contributed by atoms with E-state index in [1.165, 1.54) is 38.1 Å². The average molecular weight is 252 g/mol. The summed E-state index contributed by atoms with van der Waals surface area (Å²) >= 11 is 0. The standard InChI is InChI=1S/C7H5FO.C7H16N2/c8-7-4-2-1-3-6(7)5-9;1-9(2)7-3-5-8-6-4-7/h1-5H;7-8H,3-6H2,1-2H3. The normalized spacial score (nSPS) is 16.0. The monoisotopic (exact) mass is 252 g/mol. The second kappa shape index (κ2) is 7.95. The first-order valence-electron chi connectivity index (χ1n) is 6.22. The lowest BCUT2D eigenvalue weighted by Crippen LogP contribution is -2.39. The Balaban J connectivity index is 0.000000180. The maximum atomic E-state index is 12.4. The van der Waals surface area contributed by atoms with Crippen LogP contribution in [0.4, 0.5) is 4.39 Å². The zero-order valence-corrected chi connectivity index (χ0v) is 11.0. The van der Waals surface area contributed by atoms with Crippen molar-refractivity contribution in [2.45, 2.75) is 18.9 Å². The molecule has 4 heteroatoms. The lowest BCUT2D eigenvalue weighted by molar-refractivity contribution is 0.112. The molecule has 0 aromatic heterocycles. The van der Waals surface area contributed by atoms with Gasteiger partial charge in [-0.15, -0.1) is 0 Å². The molecule has 3 nitrogen and oxygen atoms in total. The minimum Gasteiger partial charge on any atom is -0.317 e. The molecule has 2 rings (SSSR count). The number of hydrogen-bond donors (Lipinski definition) is 1. The molecule has 0 unspecified atom stereocenters. The van der Waals surface area contributed by atoms with E-state index in [0.717, 1.165) is 6.04 Å². The quantitative estimate of drug-likeness (QED) is 0.816. The minimum atomic E-state index is -0.465. The molecule has 0 bridgehead atoms. The summed E-state index contributed by atoms with van der Waals surface area (Å²) in [5, 5.41) is 3.34. The Kier molecular flexibility index (Phi) is 6.54. The molecule has 1 aliphatic rings. The van der Waals surface area contributed by atoms with Crippen LogP contribution in [0.2, 0.25) is 0 Å². The molecule has 0 radical (unpaired) electrons. The molecule has 0 atom stereocenters. The smallest absolute Gasteiger partial charge is 0.152 e. The molecule has 1 N–H and O–H groups in total. The van der Waals surface area contributed by atoms with Gasteiger partial charge in [-0.25, -0.2) is 4.39 Å². The third kappa shape index (κ3) is 4.94. The topological polar surface area (TPSA) is 32.3 Å². The van der Waals surface area contributed by atoms with Crippen molar-refractivity contribution >= 4 is 6.29 Å². The first kappa shape index (κ1) is 14.8. The van der Waals surface area contributed by atoms with Gasteiger partial charge < -0.3 is 10.2 Å². The molecule has 0 spiro atoms. The SMILES string of the molecule is CN(C)C1CCNCC1.O=Cc1ccccc1F. The van der Waals surface area contributed by atoms with E-state index in [1.54, 1.807) is 12.1 Å². The summed E-state index contributed by atoms with van der Waals surface area (Å²) in [6.45, 7) is 2.39. The Morgan fingerprint density at radius 1 is 1.28 bits per heavy atom. The van der Waals surface area contributed by atoms with Crippen LogP contribution >= 0.6 is 0 Å². The number of halogens is 1. The first-order valence-corrected chi connectivity index (χ1v) is 6.22. The van der Waals surface area contributed by atoms with Crippen LogP contribution in [0.15, 0.2) is 24.3 Å². The molecule has 0 aliphatic carbocycles. The largest absolute Gasteiger partial charge is 0.317 e. The van der Waals surface area contributed by atoms with Crippen LogP contribution in [0, 0.1) is 5.82 Å². The Morgan fingerprint density at radius 3 is 2.28 bits per heavy atom. The van der Waals surface area contributed by atoms with Crippen molar-refractivity contribution in [3.8, 4) is 0 Å². The van der Waals surface area contributed by atoms with Crippen molar-refractivity contribution in [2.24, 2.45) is 0 Å². The highest BCUT2D eigenvalue weighted by atomic mass is 19.1. The Morgan fingerprint density at radius 2 is 1.89 bits per heavy atom. The molecule has 1 aromatic carbocycles. The molecule has 1 aromatic rings. The van der Waals surface area contributed by atoms with Crippen LogP contribution in [0.3, 0.4) is 0 Å². The van der Waals surface area contributed by atoms with E-state index in [4.69, 9.17) is 0 Å². The van der Waals surface area contributed by atoms with E-state index in [0.29, 0.717) is 6.29 Å². The Bertz CT molecular complexity index is 363. The highest BCUT2D eigenvalue weighted by Gasteiger charge is 2.13.